The van der Waals surface area contributed by atoms with Gasteiger partial charge in [-0.2, -0.15) is 0 Å². The lowest BCUT2D eigenvalue weighted by atomic mass is 9.43. The average molecular weight is 378 g/mol. The lowest BCUT2D eigenvalue weighted by Gasteiger charge is -2.62. The monoisotopic (exact) mass is 377 g/mol. The van der Waals surface area contributed by atoms with E-state index in [1.165, 1.54) is 32.7 Å². The van der Waals surface area contributed by atoms with Crippen molar-refractivity contribution in [3.63, 3.8) is 0 Å². The van der Waals surface area contributed by atoms with E-state index in [9.17, 15) is 0 Å². The van der Waals surface area contributed by atoms with Gasteiger partial charge in [-0.05, 0) is 98.3 Å². The summed E-state index contributed by atoms with van der Waals surface area (Å²) in [6, 6.07) is 0. The first-order valence-corrected chi connectivity index (χ1v) is 12.6. The van der Waals surface area contributed by atoms with Crippen molar-refractivity contribution in [2.45, 2.75) is 112 Å². The molecule has 7 unspecified atom stereocenters. The Hall–Kier alpha value is -0.0400. The molecule has 0 heterocycles. The Labute approximate surface area is 171 Å². The zero-order valence-corrected chi connectivity index (χ0v) is 19.8. The molecule has 27 heavy (non-hydrogen) atoms. The molecule has 0 aromatic heterocycles. The molecule has 0 saturated heterocycles. The van der Waals surface area contributed by atoms with E-state index < -0.39 is 0 Å². The van der Waals surface area contributed by atoms with Gasteiger partial charge >= 0.3 is 0 Å². The quantitative estimate of drug-likeness (QED) is 0.524. The fourth-order valence-electron chi connectivity index (χ4n) is 8.59. The molecule has 4 aliphatic carbocycles. The smallest absolute Gasteiger partial charge is 0.0195 e. The van der Waals surface area contributed by atoms with Gasteiger partial charge in [0.15, 0.2) is 0 Å². The van der Waals surface area contributed by atoms with Crippen molar-refractivity contribution in [1.29, 1.82) is 0 Å². The number of hydrogen-bond acceptors (Lipinski definition) is 1. The highest BCUT2D eigenvalue weighted by atomic mass is 14.7. The Morgan fingerprint density at radius 1 is 0.889 bits per heavy atom. The van der Waals surface area contributed by atoms with Gasteiger partial charge in [-0.25, -0.2) is 0 Å². The molecule has 1 nitrogen and oxygen atoms in total. The van der Waals surface area contributed by atoms with Crippen LogP contribution in [0.5, 0.6) is 0 Å². The number of rotatable bonds is 2. The summed E-state index contributed by atoms with van der Waals surface area (Å²) in [5, 5.41) is 0. The van der Waals surface area contributed by atoms with Gasteiger partial charge < -0.3 is 5.73 Å². The van der Waals surface area contributed by atoms with E-state index in [1.807, 2.05) is 13.8 Å². The molecule has 2 N–H and O–H groups in total. The molecule has 160 valence electrons. The van der Waals surface area contributed by atoms with E-state index in [0.29, 0.717) is 10.8 Å². The third kappa shape index (κ3) is 3.76. The topological polar surface area (TPSA) is 26.0 Å². The zero-order chi connectivity index (χ0) is 20.2. The summed E-state index contributed by atoms with van der Waals surface area (Å²) < 4.78 is 0. The second-order valence-electron chi connectivity index (χ2n) is 10.5. The molecular weight excluding hydrogens is 326 g/mol. The van der Waals surface area contributed by atoms with E-state index in [-0.39, 0.29) is 0 Å². The van der Waals surface area contributed by atoms with E-state index in [0.717, 1.165) is 35.5 Å². The SMILES string of the molecule is CC.CCCC1CCC2C3CCC4CCCCC4(C)C3C[C@H](C)C12C.CN. The molecule has 0 bridgehead atoms. The van der Waals surface area contributed by atoms with Crippen molar-refractivity contribution in [1.82, 2.24) is 0 Å². The average Bonchev–Trinajstić information content (AvgIpc) is 3.04. The van der Waals surface area contributed by atoms with Gasteiger partial charge in [0.2, 0.25) is 0 Å². The van der Waals surface area contributed by atoms with Crippen LogP contribution in [0.1, 0.15) is 112 Å². The molecule has 4 fully saturated rings. The van der Waals surface area contributed by atoms with Crippen molar-refractivity contribution in [2.24, 2.45) is 52.1 Å². The van der Waals surface area contributed by atoms with Crippen LogP contribution in [0.2, 0.25) is 0 Å². The highest BCUT2D eigenvalue weighted by Crippen LogP contribution is 2.69. The summed E-state index contributed by atoms with van der Waals surface area (Å²) >= 11 is 0. The van der Waals surface area contributed by atoms with Crippen LogP contribution in [0.25, 0.3) is 0 Å². The number of fused-ring (bicyclic) bond motifs is 5. The van der Waals surface area contributed by atoms with Crippen LogP contribution in [0, 0.1) is 46.3 Å². The van der Waals surface area contributed by atoms with Crippen molar-refractivity contribution in [3.8, 4) is 0 Å². The first-order valence-electron chi connectivity index (χ1n) is 12.6. The van der Waals surface area contributed by atoms with Crippen molar-refractivity contribution < 1.29 is 0 Å². The first-order chi connectivity index (χ1) is 13.0. The summed E-state index contributed by atoms with van der Waals surface area (Å²) in [6.45, 7) is 14.5. The van der Waals surface area contributed by atoms with Crippen LogP contribution in [0.3, 0.4) is 0 Å². The minimum atomic E-state index is 0.676. The van der Waals surface area contributed by atoms with Crippen LogP contribution in [0.15, 0.2) is 0 Å². The second-order valence-corrected chi connectivity index (χ2v) is 10.5. The van der Waals surface area contributed by atoms with Crippen LogP contribution in [0.4, 0.5) is 0 Å². The van der Waals surface area contributed by atoms with Crippen LogP contribution >= 0.6 is 0 Å². The Bertz CT molecular complexity index is 445. The third-order valence-corrected chi connectivity index (χ3v) is 9.99. The fraction of sp³-hybridized carbons (Fsp3) is 1.00. The summed E-state index contributed by atoms with van der Waals surface area (Å²) in [4.78, 5) is 0. The van der Waals surface area contributed by atoms with Gasteiger partial charge in [0, 0.05) is 0 Å². The lowest BCUT2D eigenvalue weighted by molar-refractivity contribution is -0.134. The van der Waals surface area contributed by atoms with E-state index in [4.69, 9.17) is 0 Å². The number of hydrogen-bond donors (Lipinski definition) is 1. The van der Waals surface area contributed by atoms with Crippen LogP contribution in [-0.2, 0) is 0 Å². The normalized spacial score (nSPS) is 48.0. The van der Waals surface area contributed by atoms with Gasteiger partial charge in [-0.1, -0.05) is 67.2 Å². The predicted molar refractivity (Wildman–Crippen MR) is 121 cm³/mol. The molecule has 0 spiro atoms. The van der Waals surface area contributed by atoms with Gasteiger partial charge in [0.1, 0.15) is 0 Å². The Kier molecular flexibility index (Phi) is 8.30. The molecule has 4 rings (SSSR count). The maximum Gasteiger partial charge on any atom is -0.0195 e. The fourth-order valence-corrected chi connectivity index (χ4v) is 8.59. The van der Waals surface area contributed by atoms with Crippen molar-refractivity contribution >= 4 is 0 Å². The summed E-state index contributed by atoms with van der Waals surface area (Å²) in [7, 11) is 1.50. The minimum absolute atomic E-state index is 0.676. The largest absolute Gasteiger partial charge is 0.333 e. The van der Waals surface area contributed by atoms with E-state index >= 15 is 0 Å². The molecule has 0 aliphatic heterocycles. The minimum Gasteiger partial charge on any atom is -0.333 e. The summed E-state index contributed by atoms with van der Waals surface area (Å²) in [5.41, 5.74) is 5.88. The highest BCUT2D eigenvalue weighted by Gasteiger charge is 2.61. The molecule has 4 aliphatic rings. The molecule has 0 aromatic rings. The van der Waals surface area contributed by atoms with Crippen molar-refractivity contribution in [3.05, 3.63) is 0 Å². The van der Waals surface area contributed by atoms with Gasteiger partial charge in [-0.3, -0.25) is 0 Å². The Balaban J connectivity index is 0.000000614. The number of nitrogens with two attached hydrogens (primary N) is 1. The van der Waals surface area contributed by atoms with E-state index in [1.54, 1.807) is 44.9 Å². The molecule has 1 heteroatoms. The van der Waals surface area contributed by atoms with Crippen LogP contribution < -0.4 is 5.73 Å². The van der Waals surface area contributed by atoms with Gasteiger partial charge in [0.25, 0.3) is 0 Å². The molecular formula is C26H51N. The van der Waals surface area contributed by atoms with Crippen LogP contribution in [-0.4, -0.2) is 7.05 Å². The zero-order valence-electron chi connectivity index (χ0n) is 19.8. The molecule has 0 aromatic carbocycles. The molecule has 0 amide bonds. The van der Waals surface area contributed by atoms with E-state index in [2.05, 4.69) is 33.4 Å². The molecule has 4 saturated carbocycles. The standard InChI is InChI=1S/C23H40.C2H6.CH5N/c1-5-8-18-11-13-20-19-12-10-17-9-6-7-14-22(17,3)21(19)15-16(2)23(18,20)4;2*1-2/h16-21H,5-15H2,1-4H3;1-2H3;2H2,1H3/t16-,17?,18?,19?,20?,21?,22?,23?;;/m0../s1. The van der Waals surface area contributed by atoms with Gasteiger partial charge in [-0.15, -0.1) is 0 Å². The Morgan fingerprint density at radius 2 is 1.59 bits per heavy atom. The maximum atomic E-state index is 4.50. The first kappa shape index (κ1) is 23.2. The summed E-state index contributed by atoms with van der Waals surface area (Å²) in [6.07, 6.45) is 16.8. The summed E-state index contributed by atoms with van der Waals surface area (Å²) in [5.74, 6) is 6.28. The lowest BCUT2D eigenvalue weighted by Crippen LogP contribution is -2.55. The predicted octanol–water partition coefficient (Wildman–Crippen LogP) is 7.68. The molecule has 8 atom stereocenters. The Morgan fingerprint density at radius 3 is 2.26 bits per heavy atom. The molecule has 0 radical (unpaired) electrons. The third-order valence-electron chi connectivity index (χ3n) is 9.99. The van der Waals surface area contributed by atoms with Gasteiger partial charge in [0.05, 0.1) is 0 Å². The maximum absolute atomic E-state index is 4.50. The van der Waals surface area contributed by atoms with Crippen molar-refractivity contribution in [2.75, 3.05) is 7.05 Å². The highest BCUT2D eigenvalue weighted by molar-refractivity contribution is 5.10. The second kappa shape index (κ2) is 9.64.